The summed E-state index contributed by atoms with van der Waals surface area (Å²) < 4.78 is 0. The quantitative estimate of drug-likeness (QED) is 0.395. The second-order valence-corrected chi connectivity index (χ2v) is 8.30. The van der Waals surface area contributed by atoms with Crippen LogP contribution in [-0.4, -0.2) is 43.5 Å². The van der Waals surface area contributed by atoms with Gasteiger partial charge in [-0.1, -0.05) is 6.07 Å². The zero-order valence-electron chi connectivity index (χ0n) is 18.6. The number of aliphatic carboxylic acids is 1. The Morgan fingerprint density at radius 3 is 2.82 bits per heavy atom. The van der Waals surface area contributed by atoms with E-state index in [1.807, 2.05) is 6.20 Å². The number of H-pyrrole nitrogens is 1. The van der Waals surface area contributed by atoms with Crippen molar-refractivity contribution < 1.29 is 14.7 Å². The van der Waals surface area contributed by atoms with Crippen molar-refractivity contribution in [2.45, 2.75) is 51.5 Å². The number of hydrogen-bond donors (Lipinski definition) is 4. The Kier molecular flexibility index (Phi) is 6.97. The Hall–Kier alpha value is -3.75. The van der Waals surface area contributed by atoms with E-state index in [0.29, 0.717) is 17.1 Å². The maximum atomic E-state index is 12.7. The Balaban J connectivity index is 1.33. The first-order valence-corrected chi connectivity index (χ1v) is 11.2. The number of anilines is 1. The second-order valence-electron chi connectivity index (χ2n) is 8.30. The van der Waals surface area contributed by atoms with Crippen LogP contribution in [0, 0.1) is 6.92 Å². The van der Waals surface area contributed by atoms with E-state index in [2.05, 4.69) is 37.7 Å². The maximum Gasteiger partial charge on any atom is 0.305 e. The highest BCUT2D eigenvalue weighted by molar-refractivity contribution is 5.93. The fourth-order valence-electron chi connectivity index (χ4n) is 3.94. The highest BCUT2D eigenvalue weighted by atomic mass is 16.4. The Morgan fingerprint density at radius 1 is 1.21 bits per heavy atom. The molecule has 3 aromatic heterocycles. The molecule has 4 rings (SSSR count). The van der Waals surface area contributed by atoms with E-state index in [1.165, 1.54) is 5.56 Å². The van der Waals surface area contributed by atoms with Gasteiger partial charge >= 0.3 is 5.97 Å². The first-order chi connectivity index (χ1) is 16.0. The minimum absolute atomic E-state index is 0.256. The number of hydrogen-bond acceptors (Lipinski definition) is 6. The molecule has 4 heterocycles. The highest BCUT2D eigenvalue weighted by Crippen LogP contribution is 2.21. The van der Waals surface area contributed by atoms with Crippen molar-refractivity contribution >= 4 is 17.7 Å². The van der Waals surface area contributed by atoms with Crippen molar-refractivity contribution in [3.8, 4) is 0 Å². The van der Waals surface area contributed by atoms with Crippen LogP contribution >= 0.6 is 0 Å². The van der Waals surface area contributed by atoms with Crippen molar-refractivity contribution in [2.75, 3.05) is 11.9 Å². The van der Waals surface area contributed by atoms with E-state index < -0.39 is 12.0 Å². The largest absolute Gasteiger partial charge is 0.481 e. The van der Waals surface area contributed by atoms with Crippen LogP contribution in [0.4, 0.5) is 5.82 Å². The molecule has 0 fully saturated rings. The third-order valence-electron chi connectivity index (χ3n) is 5.72. The van der Waals surface area contributed by atoms with Gasteiger partial charge < -0.3 is 20.7 Å². The van der Waals surface area contributed by atoms with Crippen molar-refractivity contribution in [1.82, 2.24) is 25.3 Å². The third-order valence-corrected chi connectivity index (χ3v) is 5.72. The van der Waals surface area contributed by atoms with Gasteiger partial charge in [0.15, 0.2) is 0 Å². The molecule has 33 heavy (non-hydrogen) atoms. The summed E-state index contributed by atoms with van der Waals surface area (Å²) in [4.78, 5) is 39.9. The SMILES string of the molecule is Cc1ncc(C(CC(=O)O)NC(=O)c2cc(CCCc3ccc4c(n3)NCCC4)c[nH]2)cn1. The lowest BCUT2D eigenvalue weighted by molar-refractivity contribution is -0.137. The minimum atomic E-state index is -1.01. The fraction of sp³-hybridized carbons (Fsp3) is 0.375. The molecule has 0 saturated carbocycles. The first kappa shape index (κ1) is 22.4. The van der Waals surface area contributed by atoms with Gasteiger partial charge in [-0.25, -0.2) is 15.0 Å². The zero-order valence-corrected chi connectivity index (χ0v) is 18.6. The zero-order chi connectivity index (χ0) is 23.2. The molecule has 9 nitrogen and oxygen atoms in total. The van der Waals surface area contributed by atoms with E-state index in [9.17, 15) is 14.7 Å². The van der Waals surface area contributed by atoms with Crippen LogP contribution in [0.15, 0.2) is 36.8 Å². The number of aromatic nitrogens is 4. The number of rotatable bonds is 9. The smallest absolute Gasteiger partial charge is 0.305 e. The number of pyridine rings is 1. The number of nitrogens with one attached hydrogen (secondary N) is 3. The van der Waals surface area contributed by atoms with Crippen LogP contribution in [0.3, 0.4) is 0 Å². The summed E-state index contributed by atoms with van der Waals surface area (Å²) in [6.45, 7) is 2.72. The second kappa shape index (κ2) is 10.2. The van der Waals surface area contributed by atoms with Gasteiger partial charge in [0.05, 0.1) is 12.5 Å². The molecule has 1 aliphatic heterocycles. The number of nitrogens with zero attached hydrogens (tertiary/aromatic N) is 3. The van der Waals surface area contributed by atoms with Gasteiger partial charge in [0.1, 0.15) is 17.3 Å². The average Bonchev–Trinajstić information content (AvgIpc) is 3.28. The molecule has 172 valence electrons. The number of carbonyl (C=O) groups excluding carboxylic acids is 1. The number of fused-ring (bicyclic) bond motifs is 1. The van der Waals surface area contributed by atoms with Crippen LogP contribution in [0.25, 0.3) is 0 Å². The Bertz CT molecular complexity index is 1130. The van der Waals surface area contributed by atoms with Crippen molar-refractivity contribution in [3.63, 3.8) is 0 Å². The monoisotopic (exact) mass is 448 g/mol. The number of carboxylic acids is 1. The molecule has 0 radical (unpaired) electrons. The van der Waals surface area contributed by atoms with Crippen molar-refractivity contribution in [3.05, 3.63) is 70.7 Å². The molecule has 4 N–H and O–H groups in total. The molecule has 1 atom stereocenters. The van der Waals surface area contributed by atoms with Crippen molar-refractivity contribution in [1.29, 1.82) is 0 Å². The summed E-state index contributed by atoms with van der Waals surface area (Å²) >= 11 is 0. The topological polar surface area (TPSA) is 133 Å². The van der Waals surface area contributed by atoms with Gasteiger partial charge in [-0.3, -0.25) is 9.59 Å². The standard InChI is InChI=1S/C24H28N6O3/c1-15-26-13-18(14-27-15)20(11-22(31)32)30-24(33)21-10-16(12-28-21)4-2-6-19-8-7-17-5-3-9-25-23(17)29-19/h7-8,10,12-14,20,28H,2-6,9,11H2,1H3,(H,25,29)(H,30,33)(H,31,32). The summed E-state index contributed by atoms with van der Waals surface area (Å²) in [5.41, 5.74) is 4.31. The summed E-state index contributed by atoms with van der Waals surface area (Å²) in [6.07, 6.45) is 9.44. The number of amides is 1. The normalized spacial score (nSPS) is 13.6. The molecule has 1 aliphatic rings. The molecular weight excluding hydrogens is 420 g/mol. The first-order valence-electron chi connectivity index (χ1n) is 11.2. The maximum absolute atomic E-state index is 12.7. The van der Waals surface area contributed by atoms with Crippen LogP contribution in [0.5, 0.6) is 0 Å². The molecule has 0 aliphatic carbocycles. The Labute approximate surface area is 192 Å². The lowest BCUT2D eigenvalue weighted by Gasteiger charge is -2.17. The molecule has 1 unspecified atom stereocenters. The number of carboxylic acid groups (broad SMARTS) is 1. The minimum Gasteiger partial charge on any atom is -0.481 e. The number of aromatic amines is 1. The summed E-state index contributed by atoms with van der Waals surface area (Å²) in [5.74, 6) is 0.207. The van der Waals surface area contributed by atoms with E-state index in [-0.39, 0.29) is 12.3 Å². The number of carbonyl (C=O) groups is 2. The van der Waals surface area contributed by atoms with Gasteiger partial charge in [0.25, 0.3) is 5.91 Å². The lowest BCUT2D eigenvalue weighted by Crippen LogP contribution is -2.30. The highest BCUT2D eigenvalue weighted by Gasteiger charge is 2.20. The van der Waals surface area contributed by atoms with Gasteiger partial charge in [0.2, 0.25) is 0 Å². The van der Waals surface area contributed by atoms with Gasteiger partial charge in [-0.15, -0.1) is 0 Å². The molecule has 0 aromatic carbocycles. The van der Waals surface area contributed by atoms with E-state index in [0.717, 1.165) is 55.7 Å². The summed E-state index contributed by atoms with van der Waals surface area (Å²) in [5, 5.41) is 15.4. The predicted octanol–water partition coefficient (Wildman–Crippen LogP) is 2.99. The molecule has 9 heteroatoms. The molecule has 0 spiro atoms. The van der Waals surface area contributed by atoms with E-state index >= 15 is 0 Å². The average molecular weight is 449 g/mol. The van der Waals surface area contributed by atoms with Crippen LogP contribution < -0.4 is 10.6 Å². The summed E-state index contributed by atoms with van der Waals surface area (Å²) in [7, 11) is 0. The molecule has 1 amide bonds. The van der Waals surface area contributed by atoms with Gasteiger partial charge in [0, 0.05) is 36.4 Å². The van der Waals surface area contributed by atoms with Crippen LogP contribution in [0.2, 0.25) is 0 Å². The lowest BCUT2D eigenvalue weighted by atomic mass is 10.0. The molecule has 0 bridgehead atoms. The Morgan fingerprint density at radius 2 is 2.03 bits per heavy atom. The van der Waals surface area contributed by atoms with E-state index in [4.69, 9.17) is 4.98 Å². The van der Waals surface area contributed by atoms with Crippen LogP contribution in [-0.2, 0) is 24.1 Å². The van der Waals surface area contributed by atoms with Crippen molar-refractivity contribution in [2.24, 2.45) is 0 Å². The third kappa shape index (κ3) is 5.94. The van der Waals surface area contributed by atoms with Gasteiger partial charge in [-0.05, 0) is 62.3 Å². The van der Waals surface area contributed by atoms with Crippen LogP contribution in [0.1, 0.15) is 64.0 Å². The predicted molar refractivity (Wildman–Crippen MR) is 123 cm³/mol. The van der Waals surface area contributed by atoms with E-state index in [1.54, 1.807) is 25.4 Å². The summed E-state index contributed by atoms with van der Waals surface area (Å²) in [6, 6.07) is 5.35. The molecule has 3 aromatic rings. The number of aryl methyl sites for hydroxylation is 4. The molecule has 0 saturated heterocycles. The van der Waals surface area contributed by atoms with Gasteiger partial charge in [-0.2, -0.15) is 0 Å². The fourth-order valence-corrected chi connectivity index (χ4v) is 3.94. The molecular formula is C24H28N6O3.